The molecule has 3 fully saturated rings. The summed E-state index contributed by atoms with van der Waals surface area (Å²) in [6.07, 6.45) is 6.00. The van der Waals surface area contributed by atoms with Crippen LogP contribution in [0.1, 0.15) is 63.4 Å². The van der Waals surface area contributed by atoms with Crippen molar-refractivity contribution >= 4 is 11.7 Å². The van der Waals surface area contributed by atoms with E-state index in [1.54, 1.807) is 6.07 Å². The Balaban J connectivity index is 1.38. The first kappa shape index (κ1) is 22.5. The van der Waals surface area contributed by atoms with Gasteiger partial charge in [0.1, 0.15) is 11.5 Å². The van der Waals surface area contributed by atoms with E-state index in [1.165, 1.54) is 43.8 Å². The zero-order chi connectivity index (χ0) is 22.0. The van der Waals surface area contributed by atoms with Crippen LogP contribution in [0, 0.1) is 5.92 Å². The number of anilines is 1. The third-order valence-corrected chi connectivity index (χ3v) is 7.40. The van der Waals surface area contributed by atoms with Crippen molar-refractivity contribution in [2.75, 3.05) is 44.2 Å². The molecule has 0 spiro atoms. The molecule has 172 valence electrons. The largest absolute Gasteiger partial charge is 0.353 e. The molecule has 4 rings (SSSR count). The molecule has 7 nitrogen and oxygen atoms in total. The van der Waals surface area contributed by atoms with E-state index < -0.39 is 0 Å². The van der Waals surface area contributed by atoms with Gasteiger partial charge < -0.3 is 9.80 Å². The van der Waals surface area contributed by atoms with E-state index >= 15 is 0 Å². The van der Waals surface area contributed by atoms with Gasteiger partial charge in [-0.3, -0.25) is 14.7 Å². The molecule has 1 aromatic heterocycles. The number of hydrazine groups is 1. The molecule has 1 aliphatic carbocycles. The molecule has 7 heteroatoms. The van der Waals surface area contributed by atoms with Crippen LogP contribution in [0.25, 0.3) is 0 Å². The number of nitrogens with two attached hydrogens (primary N) is 1. The number of nitrogens with zero attached hydrogens (tertiary/aromatic N) is 5. The predicted octanol–water partition coefficient (Wildman–Crippen LogP) is 2.58. The minimum atomic E-state index is -0.172. The van der Waals surface area contributed by atoms with Gasteiger partial charge in [0.05, 0.1) is 0 Å². The molecular formula is C24H40N6O. The molecule has 1 unspecified atom stereocenters. The highest BCUT2D eigenvalue weighted by Crippen LogP contribution is 2.29. The van der Waals surface area contributed by atoms with Crippen molar-refractivity contribution in [2.24, 2.45) is 11.8 Å². The first-order valence-electron chi connectivity index (χ1n) is 12.2. The second kappa shape index (κ2) is 9.84. The second-order valence-corrected chi connectivity index (χ2v) is 10.0. The average Bonchev–Trinajstić information content (AvgIpc) is 3.61. The van der Waals surface area contributed by atoms with Crippen LogP contribution in [-0.2, 0) is 0 Å². The van der Waals surface area contributed by atoms with E-state index in [-0.39, 0.29) is 5.91 Å². The third-order valence-electron chi connectivity index (χ3n) is 7.40. The zero-order valence-corrected chi connectivity index (χ0v) is 19.5. The topological polar surface area (TPSA) is 68.9 Å². The van der Waals surface area contributed by atoms with E-state index in [9.17, 15) is 4.79 Å². The van der Waals surface area contributed by atoms with Gasteiger partial charge in [-0.1, -0.05) is 6.07 Å². The van der Waals surface area contributed by atoms with Gasteiger partial charge >= 0.3 is 0 Å². The van der Waals surface area contributed by atoms with Gasteiger partial charge in [0.15, 0.2) is 0 Å². The molecule has 1 atom stereocenters. The van der Waals surface area contributed by atoms with Gasteiger partial charge in [0.2, 0.25) is 0 Å². The summed E-state index contributed by atoms with van der Waals surface area (Å²) in [6, 6.07) is 7.50. The van der Waals surface area contributed by atoms with Crippen LogP contribution in [-0.4, -0.2) is 83.1 Å². The Labute approximate surface area is 187 Å². The van der Waals surface area contributed by atoms with Crippen molar-refractivity contribution in [3.63, 3.8) is 0 Å². The molecule has 2 saturated heterocycles. The van der Waals surface area contributed by atoms with E-state index in [0.29, 0.717) is 36.3 Å². The molecule has 31 heavy (non-hydrogen) atoms. The molecule has 3 heterocycles. The summed E-state index contributed by atoms with van der Waals surface area (Å²) in [7, 11) is 0. The fourth-order valence-corrected chi connectivity index (χ4v) is 5.06. The van der Waals surface area contributed by atoms with Crippen LogP contribution < -0.4 is 10.7 Å². The number of piperidine rings is 1. The molecule has 0 bridgehead atoms. The van der Waals surface area contributed by atoms with Crippen molar-refractivity contribution < 1.29 is 4.79 Å². The molecule has 2 N–H and O–H groups in total. The number of aromatic nitrogens is 1. The summed E-state index contributed by atoms with van der Waals surface area (Å²) in [4.78, 5) is 25.1. The maximum absolute atomic E-state index is 12.7. The van der Waals surface area contributed by atoms with Gasteiger partial charge in [0, 0.05) is 44.3 Å². The maximum Gasteiger partial charge on any atom is 0.286 e. The predicted molar refractivity (Wildman–Crippen MR) is 125 cm³/mol. The summed E-state index contributed by atoms with van der Waals surface area (Å²) >= 11 is 0. The molecule has 2 aliphatic heterocycles. The number of pyridine rings is 1. The maximum atomic E-state index is 12.7. The van der Waals surface area contributed by atoms with Gasteiger partial charge in [0.25, 0.3) is 5.91 Å². The number of hydrogen-bond donors (Lipinski definition) is 1. The van der Waals surface area contributed by atoms with Crippen LogP contribution in [0.2, 0.25) is 0 Å². The molecule has 1 aromatic rings. The Morgan fingerprint density at radius 1 is 1.10 bits per heavy atom. The Morgan fingerprint density at radius 3 is 2.52 bits per heavy atom. The number of rotatable bonds is 6. The van der Waals surface area contributed by atoms with E-state index in [0.717, 1.165) is 31.9 Å². The van der Waals surface area contributed by atoms with Gasteiger partial charge in [-0.25, -0.2) is 10.8 Å². The Hall–Kier alpha value is -1.70. The lowest BCUT2D eigenvalue weighted by Gasteiger charge is -2.39. The number of amides is 1. The first-order valence-corrected chi connectivity index (χ1v) is 12.2. The Bertz CT molecular complexity index is 743. The minimum absolute atomic E-state index is 0.172. The van der Waals surface area contributed by atoms with E-state index in [4.69, 9.17) is 10.8 Å². The molecular weight excluding hydrogens is 388 g/mol. The fraction of sp³-hybridized carbons (Fsp3) is 0.750. The lowest BCUT2D eigenvalue weighted by molar-refractivity contribution is 0.0742. The SMILES string of the molecule is CC(C)N1CCC(N2CCC(C)N(c3cccc(C(=O)N(N)CC4CC4)n3)CC2)CC1. The molecule has 3 aliphatic rings. The second-order valence-electron chi connectivity index (χ2n) is 10.0. The normalized spacial score (nSPS) is 24.4. The average molecular weight is 429 g/mol. The lowest BCUT2D eigenvalue weighted by atomic mass is 10.0. The molecule has 0 radical (unpaired) electrons. The van der Waals surface area contributed by atoms with Crippen LogP contribution in [0.15, 0.2) is 18.2 Å². The summed E-state index contributed by atoms with van der Waals surface area (Å²) in [5, 5.41) is 1.35. The number of likely N-dealkylation sites (tertiary alicyclic amines) is 1. The Morgan fingerprint density at radius 2 is 1.84 bits per heavy atom. The quantitative estimate of drug-likeness (QED) is 0.427. The van der Waals surface area contributed by atoms with Crippen molar-refractivity contribution in [3.8, 4) is 0 Å². The van der Waals surface area contributed by atoms with Gasteiger partial charge in [-0.05, 0) is 84.0 Å². The van der Waals surface area contributed by atoms with Gasteiger partial charge in [-0.15, -0.1) is 0 Å². The highest BCUT2D eigenvalue weighted by atomic mass is 16.2. The molecule has 1 amide bonds. The Kier molecular flexibility index (Phi) is 7.14. The van der Waals surface area contributed by atoms with Gasteiger partial charge in [-0.2, -0.15) is 0 Å². The molecule has 0 aromatic carbocycles. The standard InChI is InChI=1S/C24H40N6O/c1-18(2)27-13-10-21(11-14-27)28-12-9-19(3)29(16-15-28)23-6-4-5-22(26-23)24(31)30(25)17-20-7-8-20/h4-6,18-21H,7-17,25H2,1-3H3. The zero-order valence-electron chi connectivity index (χ0n) is 19.5. The smallest absolute Gasteiger partial charge is 0.286 e. The minimum Gasteiger partial charge on any atom is -0.353 e. The summed E-state index contributed by atoms with van der Waals surface area (Å²) in [5.41, 5.74) is 0.454. The third kappa shape index (κ3) is 5.57. The summed E-state index contributed by atoms with van der Waals surface area (Å²) < 4.78 is 0. The summed E-state index contributed by atoms with van der Waals surface area (Å²) in [5.74, 6) is 7.32. The van der Waals surface area contributed by atoms with Crippen LogP contribution in [0.5, 0.6) is 0 Å². The highest BCUT2D eigenvalue weighted by Gasteiger charge is 2.30. The lowest BCUT2D eigenvalue weighted by Crippen LogP contribution is -2.47. The monoisotopic (exact) mass is 428 g/mol. The van der Waals surface area contributed by atoms with Crippen molar-refractivity contribution in [1.29, 1.82) is 0 Å². The molecule has 1 saturated carbocycles. The van der Waals surface area contributed by atoms with E-state index in [1.807, 2.05) is 12.1 Å². The fourth-order valence-electron chi connectivity index (χ4n) is 5.06. The van der Waals surface area contributed by atoms with Crippen LogP contribution in [0.4, 0.5) is 5.82 Å². The van der Waals surface area contributed by atoms with E-state index in [2.05, 4.69) is 35.5 Å². The van der Waals surface area contributed by atoms with Crippen molar-refractivity contribution in [3.05, 3.63) is 23.9 Å². The number of carbonyl (C=O) groups is 1. The van der Waals surface area contributed by atoms with Crippen molar-refractivity contribution in [1.82, 2.24) is 19.8 Å². The highest BCUT2D eigenvalue weighted by molar-refractivity contribution is 5.92. The summed E-state index contributed by atoms with van der Waals surface area (Å²) in [6.45, 7) is 13.1. The number of carbonyl (C=O) groups excluding carboxylic acids is 1. The van der Waals surface area contributed by atoms with Crippen LogP contribution in [0.3, 0.4) is 0 Å². The van der Waals surface area contributed by atoms with Crippen LogP contribution >= 0.6 is 0 Å². The van der Waals surface area contributed by atoms with Crippen molar-refractivity contribution in [2.45, 2.75) is 71.0 Å². The number of hydrogen-bond acceptors (Lipinski definition) is 6. The first-order chi connectivity index (χ1) is 14.9.